The molecular formula is C16H18N2. The molecule has 0 amide bonds. The van der Waals surface area contributed by atoms with Crippen LogP contribution in [0.3, 0.4) is 0 Å². The van der Waals surface area contributed by atoms with Crippen molar-refractivity contribution in [1.82, 2.24) is 0 Å². The van der Waals surface area contributed by atoms with E-state index in [9.17, 15) is 0 Å². The van der Waals surface area contributed by atoms with Crippen LogP contribution in [0.2, 0.25) is 0 Å². The molecule has 1 aliphatic rings. The molecule has 1 aliphatic heterocycles. The van der Waals surface area contributed by atoms with Crippen LogP contribution in [0.4, 0.5) is 11.4 Å². The Kier molecular flexibility index (Phi) is 2.80. The molecule has 2 heteroatoms. The fraction of sp³-hybridized carbons (Fsp3) is 0.250. The van der Waals surface area contributed by atoms with Gasteiger partial charge in [0.2, 0.25) is 0 Å². The monoisotopic (exact) mass is 238 g/mol. The summed E-state index contributed by atoms with van der Waals surface area (Å²) < 4.78 is 0. The first-order valence-corrected chi connectivity index (χ1v) is 6.42. The maximum atomic E-state index is 5.97. The minimum Gasteiger partial charge on any atom is -0.344 e. The highest BCUT2D eigenvalue weighted by molar-refractivity contribution is 5.71. The lowest BCUT2D eigenvalue weighted by molar-refractivity contribution is 0.701. The van der Waals surface area contributed by atoms with Crippen molar-refractivity contribution < 1.29 is 0 Å². The molecule has 2 aromatic carbocycles. The molecule has 1 heterocycles. The van der Waals surface area contributed by atoms with Gasteiger partial charge in [0, 0.05) is 24.3 Å². The van der Waals surface area contributed by atoms with Gasteiger partial charge in [0.15, 0.2) is 0 Å². The third kappa shape index (κ3) is 1.70. The fourth-order valence-electron chi connectivity index (χ4n) is 2.86. The molecule has 2 N–H and O–H groups in total. The number of nitrogens with zero attached hydrogens (tertiary/aromatic N) is 1. The predicted molar refractivity (Wildman–Crippen MR) is 76.4 cm³/mol. The van der Waals surface area contributed by atoms with Crippen LogP contribution in [0.1, 0.15) is 17.0 Å². The van der Waals surface area contributed by atoms with Gasteiger partial charge in [-0.2, -0.15) is 0 Å². The summed E-state index contributed by atoms with van der Waals surface area (Å²) in [6.45, 7) is 0.694. The van der Waals surface area contributed by atoms with Crippen molar-refractivity contribution in [3.63, 3.8) is 0 Å². The van der Waals surface area contributed by atoms with Crippen LogP contribution in [0.15, 0.2) is 48.5 Å². The van der Waals surface area contributed by atoms with E-state index in [1.165, 1.54) is 22.5 Å². The predicted octanol–water partition coefficient (Wildman–Crippen LogP) is 3.05. The normalized spacial score (nSPS) is 17.9. The Morgan fingerprint density at radius 1 is 1.06 bits per heavy atom. The molecule has 0 saturated heterocycles. The Labute approximate surface area is 108 Å². The zero-order valence-electron chi connectivity index (χ0n) is 10.6. The summed E-state index contributed by atoms with van der Waals surface area (Å²) in [6.07, 6.45) is 1.02. The summed E-state index contributed by atoms with van der Waals surface area (Å²) in [7, 11) is 2.14. The number of hydrogen-bond donors (Lipinski definition) is 1. The van der Waals surface area contributed by atoms with Crippen molar-refractivity contribution in [2.75, 3.05) is 18.5 Å². The van der Waals surface area contributed by atoms with Crippen LogP contribution >= 0.6 is 0 Å². The van der Waals surface area contributed by atoms with Gasteiger partial charge in [-0.15, -0.1) is 0 Å². The van der Waals surface area contributed by atoms with E-state index >= 15 is 0 Å². The van der Waals surface area contributed by atoms with E-state index in [1.54, 1.807) is 0 Å². The van der Waals surface area contributed by atoms with Crippen molar-refractivity contribution in [2.24, 2.45) is 5.73 Å². The second-order valence-corrected chi connectivity index (χ2v) is 4.88. The SMILES string of the molecule is CN1c2ccccc2CC(CN)c2ccccc21. The summed E-state index contributed by atoms with van der Waals surface area (Å²) in [6, 6.07) is 17.2. The molecule has 0 aliphatic carbocycles. The minimum atomic E-state index is 0.410. The van der Waals surface area contributed by atoms with Gasteiger partial charge in [-0.05, 0) is 36.2 Å². The standard InChI is InChI=1S/C16H18N2/c1-18-15-8-4-2-6-12(15)10-13(11-17)14-7-3-5-9-16(14)18/h2-9,13H,10-11,17H2,1H3. The lowest BCUT2D eigenvalue weighted by Gasteiger charge is -2.22. The summed E-state index contributed by atoms with van der Waals surface area (Å²) in [5.74, 6) is 0.410. The van der Waals surface area contributed by atoms with E-state index in [1.807, 2.05) is 0 Å². The first-order chi connectivity index (χ1) is 8.81. The van der Waals surface area contributed by atoms with E-state index in [4.69, 9.17) is 5.73 Å². The van der Waals surface area contributed by atoms with Gasteiger partial charge < -0.3 is 10.6 Å². The van der Waals surface area contributed by atoms with Gasteiger partial charge in [0.25, 0.3) is 0 Å². The summed E-state index contributed by atoms with van der Waals surface area (Å²) >= 11 is 0. The smallest absolute Gasteiger partial charge is 0.0444 e. The highest BCUT2D eigenvalue weighted by Crippen LogP contribution is 2.39. The van der Waals surface area contributed by atoms with E-state index in [-0.39, 0.29) is 0 Å². The number of hydrogen-bond acceptors (Lipinski definition) is 2. The van der Waals surface area contributed by atoms with Gasteiger partial charge in [0.05, 0.1) is 0 Å². The lowest BCUT2D eigenvalue weighted by Crippen LogP contribution is -2.15. The molecule has 0 aromatic heterocycles. The fourth-order valence-corrected chi connectivity index (χ4v) is 2.86. The van der Waals surface area contributed by atoms with Crippen LogP contribution in [0.25, 0.3) is 0 Å². The van der Waals surface area contributed by atoms with E-state index in [2.05, 4.69) is 60.5 Å². The van der Waals surface area contributed by atoms with Crippen LogP contribution in [-0.2, 0) is 6.42 Å². The van der Waals surface area contributed by atoms with E-state index in [0.29, 0.717) is 12.5 Å². The average Bonchev–Trinajstić information content (AvgIpc) is 2.55. The number of rotatable bonds is 1. The third-order valence-corrected chi connectivity index (χ3v) is 3.84. The molecule has 3 rings (SSSR count). The maximum Gasteiger partial charge on any atom is 0.0444 e. The molecule has 2 aromatic rings. The lowest BCUT2D eigenvalue weighted by atomic mass is 9.92. The Bertz CT molecular complexity index is 563. The third-order valence-electron chi connectivity index (χ3n) is 3.84. The maximum absolute atomic E-state index is 5.97. The molecule has 0 radical (unpaired) electrons. The quantitative estimate of drug-likeness (QED) is 0.827. The van der Waals surface area contributed by atoms with Crippen molar-refractivity contribution in [2.45, 2.75) is 12.3 Å². The summed E-state index contributed by atoms with van der Waals surface area (Å²) in [5.41, 5.74) is 11.3. The van der Waals surface area contributed by atoms with Gasteiger partial charge in [0.1, 0.15) is 0 Å². The van der Waals surface area contributed by atoms with Gasteiger partial charge in [-0.1, -0.05) is 36.4 Å². The van der Waals surface area contributed by atoms with Crippen LogP contribution in [0.5, 0.6) is 0 Å². The largest absolute Gasteiger partial charge is 0.344 e. The number of benzene rings is 2. The highest BCUT2D eigenvalue weighted by Gasteiger charge is 2.23. The molecular weight excluding hydrogens is 220 g/mol. The minimum absolute atomic E-state index is 0.410. The Hall–Kier alpha value is -1.80. The summed E-state index contributed by atoms with van der Waals surface area (Å²) in [4.78, 5) is 2.28. The summed E-state index contributed by atoms with van der Waals surface area (Å²) in [5, 5.41) is 0. The molecule has 2 nitrogen and oxygen atoms in total. The number of para-hydroxylation sites is 2. The first-order valence-electron chi connectivity index (χ1n) is 6.42. The molecule has 1 atom stereocenters. The molecule has 0 bridgehead atoms. The van der Waals surface area contributed by atoms with Gasteiger partial charge >= 0.3 is 0 Å². The molecule has 92 valence electrons. The van der Waals surface area contributed by atoms with E-state index < -0.39 is 0 Å². The van der Waals surface area contributed by atoms with Crippen molar-refractivity contribution in [3.05, 3.63) is 59.7 Å². The molecule has 0 saturated carbocycles. The number of nitrogens with two attached hydrogens (primary N) is 1. The molecule has 1 unspecified atom stereocenters. The molecule has 0 spiro atoms. The number of fused-ring (bicyclic) bond motifs is 2. The van der Waals surface area contributed by atoms with E-state index in [0.717, 1.165) is 6.42 Å². The Balaban J connectivity index is 2.21. The Morgan fingerprint density at radius 3 is 2.50 bits per heavy atom. The van der Waals surface area contributed by atoms with Crippen LogP contribution in [0, 0.1) is 0 Å². The molecule has 0 fully saturated rings. The van der Waals surface area contributed by atoms with Crippen molar-refractivity contribution >= 4 is 11.4 Å². The van der Waals surface area contributed by atoms with Crippen molar-refractivity contribution in [1.29, 1.82) is 0 Å². The van der Waals surface area contributed by atoms with Crippen LogP contribution < -0.4 is 10.6 Å². The average molecular weight is 238 g/mol. The second-order valence-electron chi connectivity index (χ2n) is 4.88. The highest BCUT2D eigenvalue weighted by atomic mass is 15.1. The molecule has 18 heavy (non-hydrogen) atoms. The zero-order valence-corrected chi connectivity index (χ0v) is 10.6. The van der Waals surface area contributed by atoms with Gasteiger partial charge in [-0.3, -0.25) is 0 Å². The van der Waals surface area contributed by atoms with Crippen LogP contribution in [-0.4, -0.2) is 13.6 Å². The zero-order chi connectivity index (χ0) is 12.5. The Morgan fingerprint density at radius 2 is 1.72 bits per heavy atom. The van der Waals surface area contributed by atoms with Gasteiger partial charge in [-0.25, -0.2) is 0 Å². The topological polar surface area (TPSA) is 29.3 Å². The van der Waals surface area contributed by atoms with Crippen molar-refractivity contribution in [3.8, 4) is 0 Å². The number of anilines is 2. The first kappa shape index (κ1) is 11.3. The second kappa shape index (κ2) is 4.46.